The highest BCUT2D eigenvalue weighted by Crippen LogP contribution is 2.34. The number of carboxylic acids is 1. The topological polar surface area (TPSA) is 66.3 Å². The predicted octanol–water partition coefficient (Wildman–Crippen LogP) is 2.93. The van der Waals surface area contributed by atoms with Gasteiger partial charge in [0.2, 0.25) is 0 Å². The number of hydrogen-bond donors (Lipinski definition) is 1. The molecule has 0 spiro atoms. The van der Waals surface area contributed by atoms with Gasteiger partial charge < -0.3 is 5.11 Å². The number of carboxylic acid groups (broad SMARTS) is 1. The van der Waals surface area contributed by atoms with Crippen LogP contribution in [0, 0.1) is 5.92 Å². The normalized spacial score (nSPS) is 20.8. The van der Waals surface area contributed by atoms with Crippen molar-refractivity contribution in [1.82, 2.24) is 14.9 Å². The highest BCUT2D eigenvalue weighted by molar-refractivity contribution is 5.81. The zero-order chi connectivity index (χ0) is 17.2. The van der Waals surface area contributed by atoms with Crippen LogP contribution in [0.3, 0.4) is 0 Å². The van der Waals surface area contributed by atoms with Gasteiger partial charge in [-0.25, -0.2) is 0 Å². The van der Waals surface area contributed by atoms with E-state index in [4.69, 9.17) is 0 Å². The summed E-state index contributed by atoms with van der Waals surface area (Å²) >= 11 is 0. The molecule has 1 N–H and O–H groups in total. The van der Waals surface area contributed by atoms with Crippen LogP contribution in [0.4, 0.5) is 0 Å². The Morgan fingerprint density at radius 1 is 1.08 bits per heavy atom. The van der Waals surface area contributed by atoms with E-state index in [1.807, 2.05) is 42.6 Å². The van der Waals surface area contributed by atoms with Gasteiger partial charge in [-0.2, -0.15) is 0 Å². The maximum Gasteiger partial charge on any atom is 0.308 e. The summed E-state index contributed by atoms with van der Waals surface area (Å²) in [5.41, 5.74) is 3.20. The zero-order valence-electron chi connectivity index (χ0n) is 13.7. The Labute approximate surface area is 146 Å². The largest absolute Gasteiger partial charge is 0.481 e. The van der Waals surface area contributed by atoms with Gasteiger partial charge in [-0.1, -0.05) is 18.2 Å². The molecule has 2 atom stereocenters. The van der Waals surface area contributed by atoms with Crippen LogP contribution in [-0.4, -0.2) is 39.0 Å². The molecule has 0 aliphatic carbocycles. The van der Waals surface area contributed by atoms with E-state index in [1.165, 1.54) is 5.56 Å². The van der Waals surface area contributed by atoms with E-state index >= 15 is 0 Å². The molecule has 1 aliphatic rings. The Bertz CT molecular complexity index is 892. The molecule has 3 aromatic rings. The van der Waals surface area contributed by atoms with Crippen molar-refractivity contribution in [2.75, 3.05) is 13.1 Å². The third kappa shape index (κ3) is 3.10. The molecule has 1 saturated heterocycles. The van der Waals surface area contributed by atoms with Crippen molar-refractivity contribution in [1.29, 1.82) is 0 Å². The van der Waals surface area contributed by atoms with Crippen LogP contribution in [0.1, 0.15) is 17.0 Å². The number of rotatable bonds is 4. The van der Waals surface area contributed by atoms with Gasteiger partial charge in [0, 0.05) is 49.5 Å². The Balaban J connectivity index is 1.60. The number of benzene rings is 1. The maximum atomic E-state index is 11.7. The van der Waals surface area contributed by atoms with Crippen LogP contribution in [0.15, 0.2) is 61.1 Å². The predicted molar refractivity (Wildman–Crippen MR) is 95.1 cm³/mol. The summed E-state index contributed by atoms with van der Waals surface area (Å²) < 4.78 is 0. The molecule has 0 saturated carbocycles. The van der Waals surface area contributed by atoms with Gasteiger partial charge in [-0.15, -0.1) is 0 Å². The van der Waals surface area contributed by atoms with Gasteiger partial charge in [-0.05, 0) is 35.4 Å². The summed E-state index contributed by atoms with van der Waals surface area (Å²) in [5.74, 6) is -1.13. The fourth-order valence-corrected chi connectivity index (χ4v) is 3.75. The first-order valence-corrected chi connectivity index (χ1v) is 8.40. The monoisotopic (exact) mass is 333 g/mol. The van der Waals surface area contributed by atoms with E-state index in [1.54, 1.807) is 12.4 Å². The Morgan fingerprint density at radius 3 is 2.68 bits per heavy atom. The minimum Gasteiger partial charge on any atom is -0.481 e. The first-order valence-electron chi connectivity index (χ1n) is 8.40. The minimum absolute atomic E-state index is 0.00592. The molecule has 0 bridgehead atoms. The van der Waals surface area contributed by atoms with E-state index in [0.717, 1.165) is 29.6 Å². The summed E-state index contributed by atoms with van der Waals surface area (Å²) in [6, 6.07) is 13.9. The molecule has 1 aromatic carbocycles. The lowest BCUT2D eigenvalue weighted by atomic mass is 9.90. The van der Waals surface area contributed by atoms with Crippen molar-refractivity contribution >= 4 is 16.9 Å². The van der Waals surface area contributed by atoms with Gasteiger partial charge in [0.1, 0.15) is 0 Å². The Kier molecular flexibility index (Phi) is 4.15. The summed E-state index contributed by atoms with van der Waals surface area (Å²) in [4.78, 5) is 22.4. The fraction of sp³-hybridized carbons (Fsp3) is 0.250. The van der Waals surface area contributed by atoms with E-state index in [2.05, 4.69) is 20.9 Å². The number of nitrogens with zero attached hydrogens (tertiary/aromatic N) is 3. The first kappa shape index (κ1) is 15.7. The van der Waals surface area contributed by atoms with Gasteiger partial charge >= 0.3 is 5.97 Å². The van der Waals surface area contributed by atoms with Crippen molar-refractivity contribution < 1.29 is 9.90 Å². The molecule has 1 fully saturated rings. The Hall–Kier alpha value is -2.79. The quantitative estimate of drug-likeness (QED) is 0.795. The number of aliphatic carboxylic acids is 1. The minimum atomic E-state index is -0.733. The van der Waals surface area contributed by atoms with Crippen molar-refractivity contribution in [2.45, 2.75) is 12.5 Å². The highest BCUT2D eigenvalue weighted by atomic mass is 16.4. The summed E-state index contributed by atoms with van der Waals surface area (Å²) in [7, 11) is 0. The smallest absolute Gasteiger partial charge is 0.308 e. The van der Waals surface area contributed by atoms with Gasteiger partial charge in [0.25, 0.3) is 0 Å². The lowest BCUT2D eigenvalue weighted by Gasteiger charge is -2.17. The molecule has 25 heavy (non-hydrogen) atoms. The van der Waals surface area contributed by atoms with E-state index in [-0.39, 0.29) is 5.92 Å². The SMILES string of the molecule is O=C(O)[C@@H]1CN(Cc2ccnc3ccccc23)C[C@H]1c1ccncc1. The molecule has 2 aromatic heterocycles. The zero-order valence-corrected chi connectivity index (χ0v) is 13.7. The average molecular weight is 333 g/mol. The molecule has 0 amide bonds. The second-order valence-electron chi connectivity index (χ2n) is 6.51. The molecule has 5 heteroatoms. The van der Waals surface area contributed by atoms with Crippen LogP contribution in [-0.2, 0) is 11.3 Å². The fourth-order valence-electron chi connectivity index (χ4n) is 3.75. The number of para-hydroxylation sites is 1. The van der Waals surface area contributed by atoms with Crippen molar-refractivity contribution in [3.8, 4) is 0 Å². The molecule has 0 unspecified atom stereocenters. The lowest BCUT2D eigenvalue weighted by Crippen LogP contribution is -2.23. The number of hydrogen-bond acceptors (Lipinski definition) is 4. The van der Waals surface area contributed by atoms with Gasteiger partial charge in [0.15, 0.2) is 0 Å². The molecule has 5 nitrogen and oxygen atoms in total. The van der Waals surface area contributed by atoms with Crippen LogP contribution in [0.2, 0.25) is 0 Å². The summed E-state index contributed by atoms with van der Waals surface area (Å²) in [6.07, 6.45) is 5.28. The number of fused-ring (bicyclic) bond motifs is 1. The third-order valence-electron chi connectivity index (χ3n) is 4.98. The molecule has 4 rings (SSSR count). The first-order chi connectivity index (χ1) is 12.2. The number of carbonyl (C=O) groups is 1. The van der Waals surface area contributed by atoms with Crippen LogP contribution >= 0.6 is 0 Å². The van der Waals surface area contributed by atoms with Gasteiger partial charge in [-0.3, -0.25) is 19.7 Å². The Morgan fingerprint density at radius 2 is 1.88 bits per heavy atom. The van der Waals surface area contributed by atoms with Crippen molar-refractivity contribution in [3.05, 3.63) is 72.2 Å². The molecular formula is C20H19N3O2. The van der Waals surface area contributed by atoms with Crippen LogP contribution < -0.4 is 0 Å². The maximum absolute atomic E-state index is 11.7. The van der Waals surface area contributed by atoms with E-state index in [9.17, 15) is 9.90 Å². The number of pyridine rings is 2. The van der Waals surface area contributed by atoms with E-state index < -0.39 is 11.9 Å². The lowest BCUT2D eigenvalue weighted by molar-refractivity contribution is -0.141. The van der Waals surface area contributed by atoms with Crippen molar-refractivity contribution in [3.63, 3.8) is 0 Å². The third-order valence-corrected chi connectivity index (χ3v) is 4.98. The number of aromatic nitrogens is 2. The van der Waals surface area contributed by atoms with Crippen molar-refractivity contribution in [2.24, 2.45) is 5.92 Å². The standard InChI is InChI=1S/C20H19N3O2/c24-20(25)18-13-23(12-17(18)14-5-8-21-9-6-14)11-15-7-10-22-19-4-2-1-3-16(15)19/h1-10,17-18H,11-13H2,(H,24,25)/t17-,18+/m0/s1. The molecule has 1 aliphatic heterocycles. The highest BCUT2D eigenvalue weighted by Gasteiger charge is 2.38. The molecule has 0 radical (unpaired) electrons. The number of likely N-dealkylation sites (tertiary alicyclic amines) is 1. The van der Waals surface area contributed by atoms with Gasteiger partial charge in [0.05, 0.1) is 11.4 Å². The van der Waals surface area contributed by atoms with Crippen LogP contribution in [0.25, 0.3) is 10.9 Å². The average Bonchev–Trinajstić information content (AvgIpc) is 3.07. The molecule has 3 heterocycles. The van der Waals surface area contributed by atoms with E-state index in [0.29, 0.717) is 6.54 Å². The molecule has 126 valence electrons. The summed E-state index contributed by atoms with van der Waals surface area (Å²) in [6.45, 7) is 2.02. The second-order valence-corrected chi connectivity index (χ2v) is 6.51. The van der Waals surface area contributed by atoms with Crippen LogP contribution in [0.5, 0.6) is 0 Å². The second kappa shape index (κ2) is 6.61. The molecular weight excluding hydrogens is 314 g/mol. The summed E-state index contributed by atoms with van der Waals surface area (Å²) in [5, 5.41) is 10.8.